The maximum absolute atomic E-state index is 12.7. The predicted molar refractivity (Wildman–Crippen MR) is 59.5 cm³/mol. The van der Waals surface area contributed by atoms with Gasteiger partial charge in [-0.1, -0.05) is 26.0 Å². The highest BCUT2D eigenvalue weighted by Crippen LogP contribution is 2.28. The minimum Gasteiger partial charge on any atom is -0.281 e. The number of rotatable bonds is 4. The summed E-state index contributed by atoms with van der Waals surface area (Å²) in [7, 11) is 0. The fraction of sp³-hybridized carbons (Fsp3) is 0.417. The summed E-state index contributed by atoms with van der Waals surface area (Å²) in [4.78, 5) is 10.9. The second-order valence-corrected chi connectivity index (χ2v) is 4.38. The number of carbonyl (C=O) groups is 1. The van der Waals surface area contributed by atoms with Crippen molar-refractivity contribution in [3.05, 3.63) is 35.6 Å². The van der Waals surface area contributed by atoms with E-state index in [1.54, 1.807) is 12.1 Å². The van der Waals surface area contributed by atoms with Gasteiger partial charge in [-0.05, 0) is 41.1 Å². The maximum atomic E-state index is 12.7. The van der Waals surface area contributed by atoms with Crippen LogP contribution >= 0.6 is 11.6 Å². The van der Waals surface area contributed by atoms with Gasteiger partial charge in [-0.2, -0.15) is 0 Å². The van der Waals surface area contributed by atoms with Crippen molar-refractivity contribution in [2.75, 3.05) is 0 Å². The molecule has 0 aliphatic heterocycles. The largest absolute Gasteiger partial charge is 0.281 e. The Morgan fingerprint density at radius 1 is 1.33 bits per heavy atom. The molecule has 0 spiro atoms. The van der Waals surface area contributed by atoms with Gasteiger partial charge < -0.3 is 0 Å². The Hall–Kier alpha value is -0.890. The number of benzene rings is 1. The Labute approximate surface area is 94.3 Å². The topological polar surface area (TPSA) is 17.1 Å². The molecule has 1 nitrogen and oxygen atoms in total. The molecule has 0 saturated heterocycles. The molecular weight excluding hydrogens is 215 g/mol. The van der Waals surface area contributed by atoms with Gasteiger partial charge in [0.15, 0.2) is 0 Å². The van der Waals surface area contributed by atoms with Crippen LogP contribution in [0.2, 0.25) is 0 Å². The van der Waals surface area contributed by atoms with Crippen molar-refractivity contribution in [2.24, 2.45) is 5.92 Å². The van der Waals surface area contributed by atoms with Gasteiger partial charge in [0.2, 0.25) is 5.24 Å². The van der Waals surface area contributed by atoms with E-state index >= 15 is 0 Å². The van der Waals surface area contributed by atoms with Crippen molar-refractivity contribution in [3.63, 3.8) is 0 Å². The van der Waals surface area contributed by atoms with Gasteiger partial charge in [-0.3, -0.25) is 4.79 Å². The van der Waals surface area contributed by atoms with E-state index in [1.807, 2.05) is 13.8 Å². The van der Waals surface area contributed by atoms with Crippen LogP contribution in [0.1, 0.15) is 31.7 Å². The molecule has 1 unspecified atom stereocenters. The van der Waals surface area contributed by atoms with Crippen molar-refractivity contribution in [1.82, 2.24) is 0 Å². The van der Waals surface area contributed by atoms with Crippen LogP contribution in [-0.4, -0.2) is 5.24 Å². The summed E-state index contributed by atoms with van der Waals surface area (Å²) >= 11 is 5.38. The molecule has 15 heavy (non-hydrogen) atoms. The monoisotopic (exact) mass is 228 g/mol. The highest BCUT2D eigenvalue weighted by molar-refractivity contribution is 6.63. The minimum atomic E-state index is -0.349. The third-order valence-electron chi connectivity index (χ3n) is 2.48. The third-order valence-corrected chi connectivity index (χ3v) is 2.64. The van der Waals surface area contributed by atoms with E-state index in [4.69, 9.17) is 11.6 Å². The summed E-state index contributed by atoms with van der Waals surface area (Å²) in [5.41, 5.74) is 0.959. The second kappa shape index (κ2) is 5.26. The van der Waals surface area contributed by atoms with Crippen LogP contribution < -0.4 is 0 Å². The quantitative estimate of drug-likeness (QED) is 0.718. The van der Waals surface area contributed by atoms with Gasteiger partial charge in [-0.15, -0.1) is 0 Å². The first-order valence-corrected chi connectivity index (χ1v) is 5.32. The molecule has 82 valence electrons. The number of hydrogen-bond acceptors (Lipinski definition) is 1. The lowest BCUT2D eigenvalue weighted by Crippen LogP contribution is -2.09. The molecule has 1 aromatic rings. The Morgan fingerprint density at radius 3 is 2.27 bits per heavy atom. The van der Waals surface area contributed by atoms with Gasteiger partial charge in [0, 0.05) is 6.42 Å². The normalized spacial score (nSPS) is 12.9. The number of carbonyl (C=O) groups excluding carboxylic acids is 1. The SMILES string of the molecule is CC(C)C(CC(=O)Cl)c1ccc(F)cc1. The molecule has 3 heteroatoms. The average Bonchev–Trinajstić information content (AvgIpc) is 2.15. The molecule has 0 aromatic heterocycles. The molecular formula is C12H14ClFO. The Bertz CT molecular complexity index is 332. The minimum absolute atomic E-state index is 0.0654. The van der Waals surface area contributed by atoms with Crippen molar-refractivity contribution < 1.29 is 9.18 Å². The fourth-order valence-corrected chi connectivity index (χ4v) is 1.79. The third kappa shape index (κ3) is 3.63. The van der Waals surface area contributed by atoms with Crippen LogP contribution in [0.3, 0.4) is 0 Å². The Morgan fingerprint density at radius 2 is 1.87 bits per heavy atom. The average molecular weight is 229 g/mol. The number of hydrogen-bond donors (Lipinski definition) is 0. The smallest absolute Gasteiger partial charge is 0.222 e. The molecule has 0 saturated carbocycles. The van der Waals surface area contributed by atoms with Crippen LogP contribution in [0.25, 0.3) is 0 Å². The fourth-order valence-electron chi connectivity index (χ4n) is 1.62. The zero-order valence-electron chi connectivity index (χ0n) is 8.84. The van der Waals surface area contributed by atoms with Gasteiger partial charge in [0.05, 0.1) is 0 Å². The van der Waals surface area contributed by atoms with Crippen molar-refractivity contribution in [1.29, 1.82) is 0 Å². The standard InChI is InChI=1S/C12H14ClFO/c1-8(2)11(7-12(13)15)9-3-5-10(14)6-4-9/h3-6,8,11H,7H2,1-2H3. The molecule has 0 bridgehead atoms. The lowest BCUT2D eigenvalue weighted by atomic mass is 9.86. The van der Waals surface area contributed by atoms with Crippen LogP contribution in [0.4, 0.5) is 4.39 Å². The van der Waals surface area contributed by atoms with E-state index in [0.29, 0.717) is 12.3 Å². The van der Waals surface area contributed by atoms with Crippen LogP contribution in [-0.2, 0) is 4.79 Å². The second-order valence-electron chi connectivity index (χ2n) is 3.96. The van der Waals surface area contributed by atoms with Gasteiger partial charge in [0.1, 0.15) is 5.82 Å². The van der Waals surface area contributed by atoms with Crippen LogP contribution in [0, 0.1) is 11.7 Å². The zero-order valence-corrected chi connectivity index (χ0v) is 9.59. The van der Waals surface area contributed by atoms with Crippen LogP contribution in [0.15, 0.2) is 24.3 Å². The highest BCUT2D eigenvalue weighted by Gasteiger charge is 2.18. The summed E-state index contributed by atoms with van der Waals surface area (Å²) in [6.07, 6.45) is 0.296. The van der Waals surface area contributed by atoms with Gasteiger partial charge in [0.25, 0.3) is 0 Å². The zero-order chi connectivity index (χ0) is 11.4. The molecule has 0 radical (unpaired) electrons. The summed E-state index contributed by atoms with van der Waals surface area (Å²) in [6.45, 7) is 4.04. The summed E-state index contributed by atoms with van der Waals surface area (Å²) < 4.78 is 12.7. The first-order valence-electron chi connectivity index (χ1n) is 4.94. The predicted octanol–water partition coefficient (Wildman–Crippen LogP) is 3.72. The molecule has 0 aliphatic rings. The molecule has 0 aliphatic carbocycles. The van der Waals surface area contributed by atoms with E-state index in [0.717, 1.165) is 5.56 Å². The van der Waals surface area contributed by atoms with E-state index in [1.165, 1.54) is 12.1 Å². The van der Waals surface area contributed by atoms with Crippen molar-refractivity contribution in [3.8, 4) is 0 Å². The molecule has 0 amide bonds. The first kappa shape index (κ1) is 12.2. The van der Waals surface area contributed by atoms with Gasteiger partial charge in [-0.25, -0.2) is 4.39 Å². The van der Waals surface area contributed by atoms with Crippen molar-refractivity contribution >= 4 is 16.8 Å². The first-order chi connectivity index (χ1) is 7.00. The van der Waals surface area contributed by atoms with E-state index in [2.05, 4.69) is 0 Å². The molecule has 1 aromatic carbocycles. The van der Waals surface area contributed by atoms with Gasteiger partial charge >= 0.3 is 0 Å². The molecule has 0 N–H and O–H groups in total. The molecule has 0 heterocycles. The van der Waals surface area contributed by atoms with E-state index in [-0.39, 0.29) is 17.0 Å². The lowest BCUT2D eigenvalue weighted by Gasteiger charge is -2.19. The Balaban J connectivity index is 2.88. The molecule has 0 fully saturated rings. The Kier molecular flexibility index (Phi) is 4.28. The van der Waals surface area contributed by atoms with E-state index < -0.39 is 0 Å². The van der Waals surface area contributed by atoms with Crippen LogP contribution in [0.5, 0.6) is 0 Å². The highest BCUT2D eigenvalue weighted by atomic mass is 35.5. The summed E-state index contributed by atoms with van der Waals surface area (Å²) in [5, 5.41) is -0.349. The number of halogens is 2. The molecule has 1 atom stereocenters. The lowest BCUT2D eigenvalue weighted by molar-refractivity contribution is -0.112. The van der Waals surface area contributed by atoms with Crippen molar-refractivity contribution in [2.45, 2.75) is 26.2 Å². The summed E-state index contributed by atoms with van der Waals surface area (Å²) in [5.74, 6) is 0.104. The van der Waals surface area contributed by atoms with E-state index in [9.17, 15) is 9.18 Å². The molecule has 1 rings (SSSR count). The maximum Gasteiger partial charge on any atom is 0.222 e. The summed E-state index contributed by atoms with van der Waals surface area (Å²) in [6, 6.07) is 6.23.